The Morgan fingerprint density at radius 1 is 1.56 bits per heavy atom. The SMILES string of the molecule is CCC(C)C1C(=O)Nc2ccccc2CN1C#N. The predicted molar refractivity (Wildman–Crippen MR) is 69.5 cm³/mol. The highest BCUT2D eigenvalue weighted by Gasteiger charge is 2.33. The highest BCUT2D eigenvalue weighted by molar-refractivity contribution is 5.96. The Balaban J connectivity index is 2.38. The number of amides is 1. The molecule has 94 valence electrons. The van der Waals surface area contributed by atoms with Crippen molar-refractivity contribution in [3.8, 4) is 6.19 Å². The maximum absolute atomic E-state index is 12.2. The van der Waals surface area contributed by atoms with Gasteiger partial charge in [0.05, 0.1) is 6.54 Å². The van der Waals surface area contributed by atoms with E-state index in [4.69, 9.17) is 0 Å². The number of hydrogen-bond donors (Lipinski definition) is 1. The molecule has 1 aliphatic heterocycles. The maximum Gasteiger partial charge on any atom is 0.248 e. The van der Waals surface area contributed by atoms with Gasteiger partial charge in [-0.25, -0.2) is 0 Å². The number of nitrogens with zero attached hydrogens (tertiary/aromatic N) is 2. The highest BCUT2D eigenvalue weighted by Crippen LogP contribution is 2.26. The molecule has 2 rings (SSSR count). The molecule has 1 aromatic rings. The first kappa shape index (κ1) is 12.4. The second-order valence-electron chi connectivity index (χ2n) is 4.70. The second-order valence-corrected chi connectivity index (χ2v) is 4.70. The monoisotopic (exact) mass is 243 g/mol. The summed E-state index contributed by atoms with van der Waals surface area (Å²) < 4.78 is 0. The largest absolute Gasteiger partial charge is 0.324 e. The lowest BCUT2D eigenvalue weighted by Gasteiger charge is -2.27. The number of hydrogen-bond acceptors (Lipinski definition) is 3. The first-order valence-corrected chi connectivity index (χ1v) is 6.22. The third-order valence-corrected chi connectivity index (χ3v) is 3.53. The van der Waals surface area contributed by atoms with Crippen LogP contribution in [-0.4, -0.2) is 16.8 Å². The fourth-order valence-corrected chi connectivity index (χ4v) is 2.30. The predicted octanol–water partition coefficient (Wildman–Crippen LogP) is 2.34. The van der Waals surface area contributed by atoms with Gasteiger partial charge in [-0.15, -0.1) is 0 Å². The lowest BCUT2D eigenvalue weighted by Crippen LogP contribution is -2.43. The summed E-state index contributed by atoms with van der Waals surface area (Å²) in [6.45, 7) is 4.52. The summed E-state index contributed by atoms with van der Waals surface area (Å²) in [7, 11) is 0. The molecule has 2 atom stereocenters. The fourth-order valence-electron chi connectivity index (χ4n) is 2.30. The molecule has 4 nitrogen and oxygen atoms in total. The molecule has 4 heteroatoms. The van der Waals surface area contributed by atoms with Crippen LogP contribution in [0.25, 0.3) is 0 Å². The Bertz CT molecular complexity index is 492. The first-order valence-electron chi connectivity index (χ1n) is 6.22. The standard InChI is InChI=1S/C14H17N3O/c1-3-10(2)13-14(18)16-12-7-5-4-6-11(12)8-17(13)9-15/h4-7,10,13H,3,8H2,1-2H3,(H,16,18). The van der Waals surface area contributed by atoms with Gasteiger partial charge in [-0.3, -0.25) is 9.69 Å². The van der Waals surface area contributed by atoms with E-state index in [-0.39, 0.29) is 17.9 Å². The van der Waals surface area contributed by atoms with Crippen molar-refractivity contribution in [2.24, 2.45) is 5.92 Å². The number of fused-ring (bicyclic) bond motifs is 1. The van der Waals surface area contributed by atoms with Gasteiger partial charge in [-0.2, -0.15) is 5.26 Å². The number of anilines is 1. The van der Waals surface area contributed by atoms with Crippen molar-refractivity contribution in [2.75, 3.05) is 5.32 Å². The summed E-state index contributed by atoms with van der Waals surface area (Å²) in [4.78, 5) is 13.8. The van der Waals surface area contributed by atoms with Crippen molar-refractivity contribution in [3.05, 3.63) is 29.8 Å². The Kier molecular flexibility index (Phi) is 3.52. The molecule has 1 N–H and O–H groups in total. The number of nitrogens with one attached hydrogen (secondary N) is 1. The fraction of sp³-hybridized carbons (Fsp3) is 0.429. The second kappa shape index (κ2) is 5.09. The molecule has 2 unspecified atom stereocenters. The third-order valence-electron chi connectivity index (χ3n) is 3.53. The van der Waals surface area contributed by atoms with Crippen LogP contribution >= 0.6 is 0 Å². The van der Waals surface area contributed by atoms with Crippen LogP contribution in [0.1, 0.15) is 25.8 Å². The van der Waals surface area contributed by atoms with Crippen molar-refractivity contribution >= 4 is 11.6 Å². The molecule has 1 heterocycles. The van der Waals surface area contributed by atoms with Crippen molar-refractivity contribution in [1.29, 1.82) is 5.26 Å². The summed E-state index contributed by atoms with van der Waals surface area (Å²) in [5.41, 5.74) is 1.80. The molecule has 1 aromatic carbocycles. The van der Waals surface area contributed by atoms with E-state index in [2.05, 4.69) is 11.5 Å². The van der Waals surface area contributed by atoms with E-state index in [9.17, 15) is 10.1 Å². The molecule has 0 fully saturated rings. The van der Waals surface area contributed by atoms with Crippen LogP contribution in [0.15, 0.2) is 24.3 Å². The van der Waals surface area contributed by atoms with Crippen LogP contribution in [-0.2, 0) is 11.3 Å². The zero-order valence-corrected chi connectivity index (χ0v) is 10.7. The molecule has 1 aliphatic rings. The molecule has 0 aliphatic carbocycles. The molecule has 0 spiro atoms. The quantitative estimate of drug-likeness (QED) is 0.811. The number of para-hydroxylation sites is 1. The smallest absolute Gasteiger partial charge is 0.248 e. The van der Waals surface area contributed by atoms with Gasteiger partial charge in [0.15, 0.2) is 6.19 Å². The van der Waals surface area contributed by atoms with Gasteiger partial charge in [-0.05, 0) is 17.5 Å². The maximum atomic E-state index is 12.2. The van der Waals surface area contributed by atoms with Crippen molar-refractivity contribution in [1.82, 2.24) is 4.90 Å². The third kappa shape index (κ3) is 2.17. The van der Waals surface area contributed by atoms with E-state index in [1.54, 1.807) is 4.90 Å². The number of carbonyl (C=O) groups excluding carboxylic acids is 1. The lowest BCUT2D eigenvalue weighted by atomic mass is 9.97. The normalized spacial score (nSPS) is 20.4. The topological polar surface area (TPSA) is 56.1 Å². The summed E-state index contributed by atoms with van der Waals surface area (Å²) in [6, 6.07) is 7.25. The van der Waals surface area contributed by atoms with Gasteiger partial charge in [0, 0.05) is 5.69 Å². The Morgan fingerprint density at radius 2 is 2.28 bits per heavy atom. The number of rotatable bonds is 2. The molecule has 1 amide bonds. The zero-order chi connectivity index (χ0) is 13.1. The summed E-state index contributed by atoms with van der Waals surface area (Å²) in [5, 5.41) is 12.2. The van der Waals surface area contributed by atoms with Crippen LogP contribution in [0.3, 0.4) is 0 Å². The Morgan fingerprint density at radius 3 is 2.94 bits per heavy atom. The van der Waals surface area contributed by atoms with Crippen molar-refractivity contribution in [3.63, 3.8) is 0 Å². The minimum absolute atomic E-state index is 0.0872. The van der Waals surface area contributed by atoms with Gasteiger partial charge in [-0.1, -0.05) is 38.5 Å². The molecule has 0 radical (unpaired) electrons. The Labute approximate surface area is 107 Å². The van der Waals surface area contributed by atoms with Crippen LogP contribution in [0.4, 0.5) is 5.69 Å². The van der Waals surface area contributed by atoms with Gasteiger partial charge in [0.1, 0.15) is 6.04 Å². The van der Waals surface area contributed by atoms with Gasteiger partial charge >= 0.3 is 0 Å². The average molecular weight is 243 g/mol. The average Bonchev–Trinajstić information content (AvgIpc) is 2.53. The molecular formula is C14H17N3O. The van der Waals surface area contributed by atoms with Crippen LogP contribution in [0.5, 0.6) is 0 Å². The summed E-state index contributed by atoms with van der Waals surface area (Å²) in [5.74, 6) is 0.0646. The van der Waals surface area contributed by atoms with E-state index in [1.165, 1.54) is 0 Å². The Hall–Kier alpha value is -2.02. The van der Waals surface area contributed by atoms with E-state index in [0.29, 0.717) is 6.54 Å². The van der Waals surface area contributed by atoms with Gasteiger partial charge < -0.3 is 5.32 Å². The zero-order valence-electron chi connectivity index (χ0n) is 10.7. The van der Waals surface area contributed by atoms with E-state index < -0.39 is 0 Å². The minimum atomic E-state index is -0.382. The summed E-state index contributed by atoms with van der Waals surface area (Å²) in [6.07, 6.45) is 3.02. The lowest BCUT2D eigenvalue weighted by molar-refractivity contribution is -0.121. The number of benzene rings is 1. The molecule has 0 saturated heterocycles. The van der Waals surface area contributed by atoms with E-state index in [0.717, 1.165) is 17.7 Å². The van der Waals surface area contributed by atoms with Crippen LogP contribution in [0.2, 0.25) is 0 Å². The molecule has 18 heavy (non-hydrogen) atoms. The molecular weight excluding hydrogens is 226 g/mol. The van der Waals surface area contributed by atoms with Crippen LogP contribution < -0.4 is 5.32 Å². The van der Waals surface area contributed by atoms with Gasteiger partial charge in [0.25, 0.3) is 0 Å². The summed E-state index contributed by atoms with van der Waals surface area (Å²) >= 11 is 0. The molecule has 0 aromatic heterocycles. The van der Waals surface area contributed by atoms with Crippen LogP contribution in [0, 0.1) is 17.4 Å². The first-order chi connectivity index (χ1) is 8.67. The number of nitriles is 1. The number of carbonyl (C=O) groups is 1. The van der Waals surface area contributed by atoms with Crippen molar-refractivity contribution in [2.45, 2.75) is 32.9 Å². The molecule has 0 saturated carbocycles. The minimum Gasteiger partial charge on any atom is -0.324 e. The van der Waals surface area contributed by atoms with E-state index in [1.807, 2.05) is 38.1 Å². The molecule has 0 bridgehead atoms. The van der Waals surface area contributed by atoms with Crippen molar-refractivity contribution < 1.29 is 4.79 Å². The van der Waals surface area contributed by atoms with Gasteiger partial charge in [0.2, 0.25) is 5.91 Å². The highest BCUT2D eigenvalue weighted by atomic mass is 16.2. The van der Waals surface area contributed by atoms with E-state index >= 15 is 0 Å².